The van der Waals surface area contributed by atoms with Gasteiger partial charge in [-0.2, -0.15) is 0 Å². The van der Waals surface area contributed by atoms with Gasteiger partial charge in [-0.15, -0.1) is 0 Å². The fourth-order valence-corrected chi connectivity index (χ4v) is 2.60. The quantitative estimate of drug-likeness (QED) is 0.821. The molecule has 2 N–H and O–H groups in total. The molecule has 0 fully saturated rings. The molecule has 2 unspecified atom stereocenters. The van der Waals surface area contributed by atoms with Crippen LogP contribution in [0.15, 0.2) is 18.2 Å². The number of aryl methyl sites for hydroxylation is 1. The smallest absolute Gasteiger partial charge is 0.119 e. The molecule has 2 rings (SSSR count). The normalized spacial score (nSPS) is 19.8. The van der Waals surface area contributed by atoms with Crippen LogP contribution in [-0.4, -0.2) is 38.6 Å². The van der Waals surface area contributed by atoms with Crippen molar-refractivity contribution in [2.75, 3.05) is 27.4 Å². The van der Waals surface area contributed by atoms with Gasteiger partial charge < -0.3 is 19.9 Å². The summed E-state index contributed by atoms with van der Waals surface area (Å²) < 4.78 is 10.5. The summed E-state index contributed by atoms with van der Waals surface area (Å²) in [5.41, 5.74) is 2.72. The zero-order valence-electron chi connectivity index (χ0n) is 11.7. The number of hydrogen-bond acceptors (Lipinski definition) is 4. The lowest BCUT2D eigenvalue weighted by Crippen LogP contribution is -2.23. The number of ether oxygens (including phenoxy) is 2. The first-order chi connectivity index (χ1) is 9.24. The third-order valence-electron chi connectivity index (χ3n) is 3.58. The number of rotatable bonds is 6. The van der Waals surface area contributed by atoms with Gasteiger partial charge in [-0.05, 0) is 49.6 Å². The Hall–Kier alpha value is -1.10. The van der Waals surface area contributed by atoms with Crippen molar-refractivity contribution in [3.05, 3.63) is 29.3 Å². The van der Waals surface area contributed by atoms with Gasteiger partial charge in [-0.1, -0.05) is 6.07 Å². The van der Waals surface area contributed by atoms with Crippen molar-refractivity contribution in [1.29, 1.82) is 0 Å². The molecule has 0 radical (unpaired) electrons. The van der Waals surface area contributed by atoms with E-state index in [1.54, 1.807) is 7.11 Å². The summed E-state index contributed by atoms with van der Waals surface area (Å²) in [4.78, 5) is 0. The molecule has 0 saturated heterocycles. The number of benzene rings is 1. The maximum absolute atomic E-state index is 9.58. The molecule has 2 atom stereocenters. The summed E-state index contributed by atoms with van der Waals surface area (Å²) >= 11 is 0. The van der Waals surface area contributed by atoms with E-state index in [1.807, 2.05) is 13.1 Å². The predicted molar refractivity (Wildman–Crippen MR) is 74.6 cm³/mol. The van der Waals surface area contributed by atoms with Crippen molar-refractivity contribution >= 4 is 0 Å². The molecular weight excluding hydrogens is 242 g/mol. The molecule has 106 valence electrons. The molecular formula is C15H23NO3. The third-order valence-corrected chi connectivity index (χ3v) is 3.58. The summed E-state index contributed by atoms with van der Waals surface area (Å²) in [6.07, 6.45) is 2.95. The van der Waals surface area contributed by atoms with E-state index in [9.17, 15) is 5.11 Å². The summed E-state index contributed by atoms with van der Waals surface area (Å²) in [6.45, 7) is 0.556. The van der Waals surface area contributed by atoms with Crippen LogP contribution >= 0.6 is 0 Å². The molecule has 19 heavy (non-hydrogen) atoms. The Morgan fingerprint density at radius 3 is 3.00 bits per heavy atom. The first-order valence-electron chi connectivity index (χ1n) is 6.84. The number of fused-ring (bicyclic) bond motifs is 1. The largest absolute Gasteiger partial charge is 0.491 e. The third kappa shape index (κ3) is 3.69. The van der Waals surface area contributed by atoms with Crippen LogP contribution in [0.5, 0.6) is 5.75 Å². The minimum atomic E-state index is -0.582. The Morgan fingerprint density at radius 2 is 2.26 bits per heavy atom. The molecule has 4 nitrogen and oxygen atoms in total. The molecule has 0 spiro atoms. The maximum atomic E-state index is 9.58. The van der Waals surface area contributed by atoms with E-state index >= 15 is 0 Å². The first kappa shape index (κ1) is 14.3. The van der Waals surface area contributed by atoms with Crippen LogP contribution < -0.4 is 10.1 Å². The highest BCUT2D eigenvalue weighted by atomic mass is 16.5. The zero-order chi connectivity index (χ0) is 13.7. The SMILES string of the molecule is CNC1CCCc2ccc(OCC(O)COC)cc21. The van der Waals surface area contributed by atoms with Crippen molar-refractivity contribution in [3.63, 3.8) is 0 Å². The number of aliphatic hydroxyl groups excluding tert-OH is 1. The Kier molecular flexibility index (Phi) is 5.19. The zero-order valence-corrected chi connectivity index (χ0v) is 11.7. The first-order valence-corrected chi connectivity index (χ1v) is 6.84. The van der Waals surface area contributed by atoms with Gasteiger partial charge in [0.25, 0.3) is 0 Å². The monoisotopic (exact) mass is 265 g/mol. The van der Waals surface area contributed by atoms with Crippen molar-refractivity contribution in [2.45, 2.75) is 31.4 Å². The fourth-order valence-electron chi connectivity index (χ4n) is 2.60. The van der Waals surface area contributed by atoms with Crippen LogP contribution in [0.1, 0.15) is 30.0 Å². The number of aliphatic hydroxyl groups is 1. The van der Waals surface area contributed by atoms with Gasteiger partial charge in [0.15, 0.2) is 0 Å². The molecule has 1 aromatic carbocycles. The van der Waals surface area contributed by atoms with Crippen molar-refractivity contribution in [1.82, 2.24) is 5.32 Å². The highest BCUT2D eigenvalue weighted by Crippen LogP contribution is 2.32. The Labute approximate surface area is 114 Å². The summed E-state index contributed by atoms with van der Waals surface area (Å²) in [5.74, 6) is 0.816. The lowest BCUT2D eigenvalue weighted by atomic mass is 9.87. The molecule has 0 amide bonds. The van der Waals surface area contributed by atoms with Crippen LogP contribution in [-0.2, 0) is 11.2 Å². The highest BCUT2D eigenvalue weighted by Gasteiger charge is 2.19. The van der Waals surface area contributed by atoms with E-state index in [1.165, 1.54) is 24.0 Å². The molecule has 1 aliphatic rings. The Bertz CT molecular complexity index is 408. The second kappa shape index (κ2) is 6.89. The highest BCUT2D eigenvalue weighted by molar-refractivity contribution is 5.39. The van der Waals surface area contributed by atoms with Gasteiger partial charge in [-0.3, -0.25) is 0 Å². The molecule has 0 saturated carbocycles. The number of hydrogen-bond donors (Lipinski definition) is 2. The van der Waals surface area contributed by atoms with E-state index in [2.05, 4.69) is 17.4 Å². The fraction of sp³-hybridized carbons (Fsp3) is 0.600. The molecule has 1 aromatic rings. The molecule has 0 heterocycles. The molecule has 0 aliphatic heterocycles. The van der Waals surface area contributed by atoms with Crippen LogP contribution in [0, 0.1) is 0 Å². The molecule has 4 heteroatoms. The second-order valence-electron chi connectivity index (χ2n) is 5.01. The van der Waals surface area contributed by atoms with Gasteiger partial charge in [0.1, 0.15) is 18.5 Å². The van der Waals surface area contributed by atoms with Crippen LogP contribution in [0.3, 0.4) is 0 Å². The van der Waals surface area contributed by atoms with Gasteiger partial charge in [0.05, 0.1) is 6.61 Å². The average Bonchev–Trinajstić information content (AvgIpc) is 2.44. The van der Waals surface area contributed by atoms with Gasteiger partial charge in [-0.25, -0.2) is 0 Å². The standard InChI is InChI=1S/C15H23NO3/c1-16-15-5-3-4-11-6-7-13(8-14(11)15)19-10-12(17)9-18-2/h6-8,12,15-17H,3-5,9-10H2,1-2H3. The summed E-state index contributed by atoms with van der Waals surface area (Å²) in [7, 11) is 3.56. The van der Waals surface area contributed by atoms with Crippen molar-refractivity contribution < 1.29 is 14.6 Å². The molecule has 0 bridgehead atoms. The predicted octanol–water partition coefficient (Wildman–Crippen LogP) is 1.67. The summed E-state index contributed by atoms with van der Waals surface area (Å²) in [5, 5.41) is 12.9. The average molecular weight is 265 g/mol. The second-order valence-corrected chi connectivity index (χ2v) is 5.01. The Morgan fingerprint density at radius 1 is 1.42 bits per heavy atom. The molecule has 0 aromatic heterocycles. The van der Waals surface area contributed by atoms with E-state index in [4.69, 9.17) is 9.47 Å². The van der Waals surface area contributed by atoms with E-state index in [0.717, 1.165) is 12.2 Å². The Balaban J connectivity index is 2.03. The maximum Gasteiger partial charge on any atom is 0.119 e. The van der Waals surface area contributed by atoms with Gasteiger partial charge >= 0.3 is 0 Å². The number of methoxy groups -OCH3 is 1. The minimum absolute atomic E-state index is 0.261. The van der Waals surface area contributed by atoms with Crippen LogP contribution in [0.2, 0.25) is 0 Å². The van der Waals surface area contributed by atoms with E-state index in [-0.39, 0.29) is 6.61 Å². The molecule has 1 aliphatic carbocycles. The topological polar surface area (TPSA) is 50.7 Å². The summed E-state index contributed by atoms with van der Waals surface area (Å²) in [6, 6.07) is 6.62. The lowest BCUT2D eigenvalue weighted by molar-refractivity contribution is 0.0325. The minimum Gasteiger partial charge on any atom is -0.491 e. The lowest BCUT2D eigenvalue weighted by Gasteiger charge is -2.25. The van der Waals surface area contributed by atoms with E-state index < -0.39 is 6.10 Å². The van der Waals surface area contributed by atoms with Crippen LogP contribution in [0.25, 0.3) is 0 Å². The van der Waals surface area contributed by atoms with Crippen LogP contribution in [0.4, 0.5) is 0 Å². The van der Waals surface area contributed by atoms with Gasteiger partial charge in [0, 0.05) is 13.2 Å². The van der Waals surface area contributed by atoms with Gasteiger partial charge in [0.2, 0.25) is 0 Å². The number of nitrogens with one attached hydrogen (secondary N) is 1. The van der Waals surface area contributed by atoms with Crippen molar-refractivity contribution in [3.8, 4) is 5.75 Å². The van der Waals surface area contributed by atoms with E-state index in [0.29, 0.717) is 12.6 Å². The van der Waals surface area contributed by atoms with Crippen molar-refractivity contribution in [2.24, 2.45) is 0 Å².